The molecule has 0 bridgehead atoms. The zero-order valence-electron chi connectivity index (χ0n) is 12.4. The van der Waals surface area contributed by atoms with E-state index in [0.717, 1.165) is 0 Å². The second-order valence-corrected chi connectivity index (χ2v) is 4.87. The average Bonchev–Trinajstić information content (AvgIpc) is 3.00. The summed E-state index contributed by atoms with van der Waals surface area (Å²) in [5.41, 5.74) is 1.13. The Labute approximate surface area is 133 Å². The molecular weight excluding hydrogens is 296 g/mol. The Morgan fingerprint density at radius 3 is 2.83 bits per heavy atom. The summed E-state index contributed by atoms with van der Waals surface area (Å²) >= 11 is 0. The second-order valence-electron chi connectivity index (χ2n) is 4.87. The summed E-state index contributed by atoms with van der Waals surface area (Å²) in [5.74, 6) is 6.75. The van der Waals surface area contributed by atoms with Crippen LogP contribution in [0.3, 0.4) is 0 Å². The number of fused-ring (bicyclic) bond motifs is 1. The number of esters is 1. The van der Waals surface area contributed by atoms with Gasteiger partial charge in [-0.3, -0.25) is 4.79 Å². The quantitative estimate of drug-likeness (QED) is 0.524. The molecule has 0 aliphatic carbocycles. The Bertz CT molecular complexity index is 801. The summed E-state index contributed by atoms with van der Waals surface area (Å²) in [7, 11) is 0. The first-order valence-corrected chi connectivity index (χ1v) is 7.00. The van der Waals surface area contributed by atoms with Crippen LogP contribution in [0.15, 0.2) is 42.5 Å². The molecule has 1 unspecified atom stereocenters. The molecule has 116 valence electrons. The van der Waals surface area contributed by atoms with E-state index in [9.17, 15) is 9.90 Å². The molecule has 1 aliphatic heterocycles. The van der Waals surface area contributed by atoms with E-state index in [1.165, 1.54) is 6.92 Å². The van der Waals surface area contributed by atoms with E-state index in [0.29, 0.717) is 28.4 Å². The minimum absolute atomic E-state index is 0.177. The maximum Gasteiger partial charge on any atom is 0.308 e. The smallest absolute Gasteiger partial charge is 0.308 e. The highest BCUT2D eigenvalue weighted by atomic mass is 16.7. The number of hydrogen-bond donors (Lipinski definition) is 1. The monoisotopic (exact) mass is 310 g/mol. The fourth-order valence-electron chi connectivity index (χ4n) is 2.13. The highest BCUT2D eigenvalue weighted by Gasteiger charge is 2.15. The van der Waals surface area contributed by atoms with Gasteiger partial charge in [-0.2, -0.15) is 0 Å². The topological polar surface area (TPSA) is 65.0 Å². The summed E-state index contributed by atoms with van der Waals surface area (Å²) < 4.78 is 15.6. The lowest BCUT2D eigenvalue weighted by molar-refractivity contribution is -0.131. The SMILES string of the molecule is CC(=O)Oc1ccccc1C#CC(O)c1ccc2c(c1)OCO2. The fraction of sp³-hybridized carbons (Fsp3) is 0.167. The lowest BCUT2D eigenvalue weighted by Crippen LogP contribution is -2.02. The maximum atomic E-state index is 11.1. The van der Waals surface area contributed by atoms with Crippen molar-refractivity contribution in [3.8, 4) is 29.1 Å². The first-order valence-electron chi connectivity index (χ1n) is 7.00. The zero-order chi connectivity index (χ0) is 16.2. The lowest BCUT2D eigenvalue weighted by Gasteiger charge is -2.06. The number of aliphatic hydroxyl groups is 1. The van der Waals surface area contributed by atoms with Crippen molar-refractivity contribution in [2.45, 2.75) is 13.0 Å². The van der Waals surface area contributed by atoms with Crippen LogP contribution in [0.5, 0.6) is 17.2 Å². The number of hydrogen-bond acceptors (Lipinski definition) is 5. The van der Waals surface area contributed by atoms with Crippen LogP contribution in [0, 0.1) is 11.8 Å². The lowest BCUT2D eigenvalue weighted by atomic mass is 10.1. The average molecular weight is 310 g/mol. The predicted molar refractivity (Wildman–Crippen MR) is 82.2 cm³/mol. The van der Waals surface area contributed by atoms with Gasteiger partial charge < -0.3 is 19.3 Å². The molecule has 1 atom stereocenters. The Hall–Kier alpha value is -2.97. The van der Waals surface area contributed by atoms with Gasteiger partial charge in [0.1, 0.15) is 11.9 Å². The standard InChI is InChI=1S/C18H14O5/c1-12(19)23-16-5-3-2-4-13(16)6-8-15(20)14-7-9-17-18(10-14)22-11-21-17/h2-5,7,9-10,15,20H,11H2,1H3. The van der Waals surface area contributed by atoms with Crippen molar-refractivity contribution in [2.75, 3.05) is 6.79 Å². The van der Waals surface area contributed by atoms with Crippen molar-refractivity contribution < 1.29 is 24.1 Å². The Morgan fingerprint density at radius 2 is 2.00 bits per heavy atom. The number of carbonyl (C=O) groups excluding carboxylic acids is 1. The van der Waals surface area contributed by atoms with Crippen LogP contribution in [0.25, 0.3) is 0 Å². The molecule has 23 heavy (non-hydrogen) atoms. The van der Waals surface area contributed by atoms with Crippen LogP contribution in [0.4, 0.5) is 0 Å². The van der Waals surface area contributed by atoms with E-state index in [2.05, 4.69) is 11.8 Å². The molecule has 2 aromatic carbocycles. The zero-order valence-corrected chi connectivity index (χ0v) is 12.4. The summed E-state index contributed by atoms with van der Waals surface area (Å²) in [6.07, 6.45) is -0.991. The van der Waals surface area contributed by atoms with Crippen molar-refractivity contribution >= 4 is 5.97 Å². The predicted octanol–water partition coefficient (Wildman–Crippen LogP) is 2.43. The third kappa shape index (κ3) is 3.44. The van der Waals surface area contributed by atoms with Crippen LogP contribution < -0.4 is 14.2 Å². The van der Waals surface area contributed by atoms with Crippen LogP contribution in [0.1, 0.15) is 24.2 Å². The molecule has 0 fully saturated rings. The summed E-state index contributed by atoms with van der Waals surface area (Å²) in [4.78, 5) is 11.1. The molecular formula is C18H14O5. The molecule has 0 spiro atoms. The summed E-state index contributed by atoms with van der Waals surface area (Å²) in [6, 6.07) is 12.1. The van der Waals surface area contributed by atoms with Crippen molar-refractivity contribution in [1.82, 2.24) is 0 Å². The van der Waals surface area contributed by atoms with E-state index in [1.807, 2.05) is 0 Å². The Kier molecular flexibility index (Phi) is 4.18. The highest BCUT2D eigenvalue weighted by molar-refractivity contribution is 5.70. The molecule has 3 rings (SSSR count). The van der Waals surface area contributed by atoms with E-state index in [4.69, 9.17) is 14.2 Å². The normalized spacial score (nSPS) is 13.0. The summed E-state index contributed by atoms with van der Waals surface area (Å²) in [6.45, 7) is 1.50. The Balaban J connectivity index is 1.83. The molecule has 5 heteroatoms. The fourth-order valence-corrected chi connectivity index (χ4v) is 2.13. The minimum atomic E-state index is -0.991. The van der Waals surface area contributed by atoms with Gasteiger partial charge >= 0.3 is 5.97 Å². The van der Waals surface area contributed by atoms with Gasteiger partial charge in [0.2, 0.25) is 6.79 Å². The van der Waals surface area contributed by atoms with Gasteiger partial charge in [0.05, 0.1) is 5.56 Å². The van der Waals surface area contributed by atoms with Crippen molar-refractivity contribution in [2.24, 2.45) is 0 Å². The number of benzene rings is 2. The third-order valence-corrected chi connectivity index (χ3v) is 3.20. The molecule has 2 aromatic rings. The van der Waals surface area contributed by atoms with Crippen molar-refractivity contribution in [3.05, 3.63) is 53.6 Å². The number of ether oxygens (including phenoxy) is 3. The van der Waals surface area contributed by atoms with Crippen LogP contribution in [-0.2, 0) is 4.79 Å². The molecule has 0 radical (unpaired) electrons. The number of rotatable bonds is 2. The molecule has 0 saturated carbocycles. The second kappa shape index (κ2) is 6.42. The number of carbonyl (C=O) groups is 1. The van der Waals surface area contributed by atoms with Crippen molar-refractivity contribution in [1.29, 1.82) is 0 Å². The highest BCUT2D eigenvalue weighted by Crippen LogP contribution is 2.34. The van der Waals surface area contributed by atoms with E-state index in [-0.39, 0.29) is 6.79 Å². The van der Waals surface area contributed by atoms with Crippen LogP contribution in [-0.4, -0.2) is 17.9 Å². The molecule has 0 aromatic heterocycles. The van der Waals surface area contributed by atoms with Gasteiger partial charge in [0.25, 0.3) is 0 Å². The third-order valence-electron chi connectivity index (χ3n) is 3.20. The number of aliphatic hydroxyl groups excluding tert-OH is 1. The van der Waals surface area contributed by atoms with E-state index < -0.39 is 12.1 Å². The van der Waals surface area contributed by atoms with Gasteiger partial charge in [-0.05, 0) is 29.8 Å². The van der Waals surface area contributed by atoms with E-state index >= 15 is 0 Å². The van der Waals surface area contributed by atoms with E-state index in [1.54, 1.807) is 42.5 Å². The maximum absolute atomic E-state index is 11.1. The molecule has 5 nitrogen and oxygen atoms in total. The number of para-hydroxylation sites is 1. The van der Waals surface area contributed by atoms with Gasteiger partial charge in [-0.25, -0.2) is 0 Å². The molecule has 1 N–H and O–H groups in total. The first kappa shape index (κ1) is 14.9. The van der Waals surface area contributed by atoms with Gasteiger partial charge in [0.15, 0.2) is 11.5 Å². The van der Waals surface area contributed by atoms with Crippen LogP contribution >= 0.6 is 0 Å². The van der Waals surface area contributed by atoms with Crippen molar-refractivity contribution in [3.63, 3.8) is 0 Å². The van der Waals surface area contributed by atoms with Crippen LogP contribution in [0.2, 0.25) is 0 Å². The molecule has 1 heterocycles. The van der Waals surface area contributed by atoms with Gasteiger partial charge in [-0.15, -0.1) is 0 Å². The molecule has 0 saturated heterocycles. The minimum Gasteiger partial charge on any atom is -0.454 e. The first-order chi connectivity index (χ1) is 11.1. The summed E-state index contributed by atoms with van der Waals surface area (Å²) in [5, 5.41) is 10.2. The largest absolute Gasteiger partial charge is 0.454 e. The van der Waals surface area contributed by atoms with Gasteiger partial charge in [-0.1, -0.05) is 30.0 Å². The Morgan fingerprint density at radius 1 is 1.22 bits per heavy atom. The molecule has 0 amide bonds. The molecule has 1 aliphatic rings. The van der Waals surface area contributed by atoms with Gasteiger partial charge in [0, 0.05) is 6.92 Å².